The van der Waals surface area contributed by atoms with E-state index in [-0.39, 0.29) is 5.75 Å². The van der Waals surface area contributed by atoms with Crippen LogP contribution in [0.2, 0.25) is 0 Å². The van der Waals surface area contributed by atoms with E-state index in [2.05, 4.69) is 4.98 Å². The summed E-state index contributed by atoms with van der Waals surface area (Å²) in [4.78, 5) is 3.83. The normalized spacial score (nSPS) is 15.5. The van der Waals surface area contributed by atoms with Crippen LogP contribution in [-0.2, 0) is 11.1 Å². The Morgan fingerprint density at radius 2 is 2.50 bits per heavy atom. The van der Waals surface area contributed by atoms with E-state index in [0.29, 0.717) is 0 Å². The summed E-state index contributed by atoms with van der Waals surface area (Å²) in [5, 5.41) is 0. The van der Waals surface area contributed by atoms with Crippen molar-refractivity contribution in [1.82, 2.24) is 4.98 Å². The smallest absolute Gasteiger partial charge is 0.0415 e. The minimum Gasteiger partial charge on any atom is -0.772 e. The molecule has 2 unspecified atom stereocenters. The van der Waals surface area contributed by atoms with E-state index in [0.717, 1.165) is 5.56 Å². The maximum atomic E-state index is 10.3. The van der Waals surface area contributed by atoms with Gasteiger partial charge in [-0.3, -0.25) is 9.19 Å². The van der Waals surface area contributed by atoms with Crippen LogP contribution >= 0.6 is 0 Å². The van der Waals surface area contributed by atoms with E-state index >= 15 is 0 Å². The van der Waals surface area contributed by atoms with E-state index in [1.54, 1.807) is 24.5 Å². The first-order valence-corrected chi connectivity index (χ1v) is 4.66. The summed E-state index contributed by atoms with van der Waals surface area (Å²) in [7, 11) is 0. The minimum absolute atomic E-state index is 0.0638. The van der Waals surface area contributed by atoms with Crippen LogP contribution in [0.25, 0.3) is 0 Å². The van der Waals surface area contributed by atoms with Gasteiger partial charge in [-0.25, -0.2) is 0 Å². The standard InChI is InChI=1S/C7H10N2O2S/c8-7(5-12(10)11)6-2-1-3-9-4-6/h1-4,7H,5,8H2,(H,10,11)/p-1. The molecule has 0 amide bonds. The second kappa shape index (κ2) is 4.30. The van der Waals surface area contributed by atoms with Gasteiger partial charge >= 0.3 is 0 Å². The molecule has 0 aromatic carbocycles. The monoisotopic (exact) mass is 185 g/mol. The summed E-state index contributed by atoms with van der Waals surface area (Å²) in [5.74, 6) is -0.0638. The van der Waals surface area contributed by atoms with Gasteiger partial charge in [0.05, 0.1) is 0 Å². The van der Waals surface area contributed by atoms with Gasteiger partial charge in [-0.05, 0) is 11.6 Å². The molecule has 5 heteroatoms. The Morgan fingerprint density at radius 1 is 1.75 bits per heavy atom. The molecule has 0 saturated carbocycles. The zero-order valence-electron chi connectivity index (χ0n) is 6.34. The highest BCUT2D eigenvalue weighted by Crippen LogP contribution is 2.07. The lowest BCUT2D eigenvalue weighted by atomic mass is 10.2. The van der Waals surface area contributed by atoms with Gasteiger partial charge in [-0.1, -0.05) is 17.1 Å². The third kappa shape index (κ3) is 2.69. The van der Waals surface area contributed by atoms with Crippen molar-refractivity contribution in [3.05, 3.63) is 30.1 Å². The first-order chi connectivity index (χ1) is 5.70. The fourth-order valence-corrected chi connectivity index (χ4v) is 1.32. The van der Waals surface area contributed by atoms with E-state index in [9.17, 15) is 8.76 Å². The fraction of sp³-hybridized carbons (Fsp3) is 0.286. The summed E-state index contributed by atoms with van der Waals surface area (Å²) in [5.41, 5.74) is 6.30. The molecule has 1 rings (SSSR count). The first kappa shape index (κ1) is 9.31. The fourth-order valence-electron chi connectivity index (χ4n) is 0.838. The van der Waals surface area contributed by atoms with Gasteiger partial charge in [0.2, 0.25) is 0 Å². The summed E-state index contributed by atoms with van der Waals surface area (Å²) in [6, 6.07) is 3.00. The highest BCUT2D eigenvalue weighted by Gasteiger charge is 2.04. The molecule has 1 heterocycles. The molecule has 1 aromatic rings. The highest BCUT2D eigenvalue weighted by atomic mass is 32.2. The lowest BCUT2D eigenvalue weighted by Gasteiger charge is -2.12. The van der Waals surface area contributed by atoms with Crippen LogP contribution in [0, 0.1) is 0 Å². The Morgan fingerprint density at radius 3 is 3.00 bits per heavy atom. The molecule has 12 heavy (non-hydrogen) atoms. The quantitative estimate of drug-likeness (QED) is 0.670. The number of rotatable bonds is 3. The van der Waals surface area contributed by atoms with Crippen LogP contribution in [0.15, 0.2) is 24.5 Å². The molecular formula is C7H9N2O2S-. The van der Waals surface area contributed by atoms with Crippen LogP contribution < -0.4 is 5.73 Å². The Bertz CT molecular complexity index is 265. The molecular weight excluding hydrogens is 176 g/mol. The molecule has 2 N–H and O–H groups in total. The largest absolute Gasteiger partial charge is 0.772 e. The molecule has 0 aliphatic rings. The predicted molar refractivity (Wildman–Crippen MR) is 45.0 cm³/mol. The molecule has 0 radical (unpaired) electrons. The van der Waals surface area contributed by atoms with Crippen molar-refractivity contribution in [3.63, 3.8) is 0 Å². The second-order valence-electron chi connectivity index (χ2n) is 2.36. The Labute approximate surface area is 73.1 Å². The summed E-state index contributed by atoms with van der Waals surface area (Å²) in [6.45, 7) is 0. The third-order valence-corrected chi connectivity index (χ3v) is 2.06. The van der Waals surface area contributed by atoms with Crippen LogP contribution in [0.4, 0.5) is 0 Å². The molecule has 0 saturated heterocycles. The molecule has 0 fully saturated rings. The van der Waals surface area contributed by atoms with Gasteiger partial charge in [0.15, 0.2) is 0 Å². The van der Waals surface area contributed by atoms with Gasteiger partial charge in [-0.2, -0.15) is 0 Å². The lowest BCUT2D eigenvalue weighted by Crippen LogP contribution is -2.17. The molecule has 1 aromatic heterocycles. The zero-order chi connectivity index (χ0) is 8.97. The average molecular weight is 185 g/mol. The van der Waals surface area contributed by atoms with Crippen molar-refractivity contribution in [2.45, 2.75) is 6.04 Å². The molecule has 0 spiro atoms. The SMILES string of the molecule is NC(CS(=O)[O-])c1cccnc1. The van der Waals surface area contributed by atoms with Crippen molar-refractivity contribution in [2.24, 2.45) is 5.73 Å². The maximum Gasteiger partial charge on any atom is 0.0415 e. The highest BCUT2D eigenvalue weighted by molar-refractivity contribution is 7.79. The molecule has 66 valence electrons. The van der Waals surface area contributed by atoms with Crippen LogP contribution in [-0.4, -0.2) is 19.5 Å². The summed E-state index contributed by atoms with van der Waals surface area (Å²) in [6.07, 6.45) is 3.18. The average Bonchev–Trinajstić information content (AvgIpc) is 2.05. The lowest BCUT2D eigenvalue weighted by molar-refractivity contribution is 0.531. The molecule has 0 aliphatic carbocycles. The Balaban J connectivity index is 2.65. The van der Waals surface area contributed by atoms with Gasteiger partial charge in [0.25, 0.3) is 0 Å². The predicted octanol–water partition coefficient (Wildman–Crippen LogP) is -0.0395. The Kier molecular flexibility index (Phi) is 3.33. The van der Waals surface area contributed by atoms with Gasteiger partial charge < -0.3 is 10.3 Å². The molecule has 4 nitrogen and oxygen atoms in total. The van der Waals surface area contributed by atoms with Gasteiger partial charge in [0.1, 0.15) is 0 Å². The Hall–Kier alpha value is -0.780. The summed E-state index contributed by atoms with van der Waals surface area (Å²) >= 11 is -2.10. The zero-order valence-corrected chi connectivity index (χ0v) is 7.16. The first-order valence-electron chi connectivity index (χ1n) is 3.41. The van der Waals surface area contributed by atoms with Crippen molar-refractivity contribution in [2.75, 3.05) is 5.75 Å². The van der Waals surface area contributed by atoms with Gasteiger partial charge in [0, 0.05) is 24.2 Å². The number of nitrogens with two attached hydrogens (primary N) is 1. The van der Waals surface area contributed by atoms with E-state index in [1.807, 2.05) is 0 Å². The van der Waals surface area contributed by atoms with Crippen molar-refractivity contribution >= 4 is 11.1 Å². The summed E-state index contributed by atoms with van der Waals surface area (Å²) < 4.78 is 20.6. The van der Waals surface area contributed by atoms with Gasteiger partial charge in [-0.15, -0.1) is 0 Å². The second-order valence-corrected chi connectivity index (χ2v) is 3.30. The topological polar surface area (TPSA) is 79.0 Å². The maximum absolute atomic E-state index is 10.3. The molecule has 0 bridgehead atoms. The number of aromatic nitrogens is 1. The van der Waals surface area contributed by atoms with E-state index in [1.165, 1.54) is 0 Å². The number of pyridine rings is 1. The third-order valence-electron chi connectivity index (χ3n) is 1.43. The number of hydrogen-bond donors (Lipinski definition) is 1. The van der Waals surface area contributed by atoms with Crippen molar-refractivity contribution in [3.8, 4) is 0 Å². The van der Waals surface area contributed by atoms with E-state index < -0.39 is 17.1 Å². The minimum atomic E-state index is -2.10. The van der Waals surface area contributed by atoms with Crippen molar-refractivity contribution in [1.29, 1.82) is 0 Å². The van der Waals surface area contributed by atoms with E-state index in [4.69, 9.17) is 5.73 Å². The van der Waals surface area contributed by atoms with Crippen LogP contribution in [0.5, 0.6) is 0 Å². The molecule has 0 aliphatic heterocycles. The molecule has 2 atom stereocenters. The van der Waals surface area contributed by atoms with Crippen molar-refractivity contribution < 1.29 is 8.76 Å². The van der Waals surface area contributed by atoms with Crippen LogP contribution in [0.3, 0.4) is 0 Å². The number of hydrogen-bond acceptors (Lipinski definition) is 4. The van der Waals surface area contributed by atoms with Crippen LogP contribution in [0.1, 0.15) is 11.6 Å². The number of nitrogens with zero attached hydrogens (tertiary/aromatic N) is 1.